The predicted octanol–water partition coefficient (Wildman–Crippen LogP) is 2.75. The van der Waals surface area contributed by atoms with E-state index in [9.17, 15) is 0 Å². The van der Waals surface area contributed by atoms with Crippen molar-refractivity contribution in [1.29, 1.82) is 0 Å². The molecule has 0 spiro atoms. The van der Waals surface area contributed by atoms with Gasteiger partial charge in [0.15, 0.2) is 0 Å². The lowest BCUT2D eigenvalue weighted by Gasteiger charge is -2.19. The van der Waals surface area contributed by atoms with Crippen molar-refractivity contribution in [3.8, 4) is 5.69 Å². The van der Waals surface area contributed by atoms with E-state index in [-0.39, 0.29) is 0 Å². The molecule has 4 heteroatoms. The van der Waals surface area contributed by atoms with Crippen LogP contribution in [0.5, 0.6) is 0 Å². The lowest BCUT2D eigenvalue weighted by atomic mass is 10.0. The first kappa shape index (κ1) is 11.3. The summed E-state index contributed by atoms with van der Waals surface area (Å²) in [5.74, 6) is 1.39. The van der Waals surface area contributed by atoms with Gasteiger partial charge < -0.3 is 5.32 Å². The van der Waals surface area contributed by atoms with Gasteiger partial charge in [0.05, 0.1) is 0 Å². The number of nitrogens with zero attached hydrogens (tertiary/aromatic N) is 3. The van der Waals surface area contributed by atoms with E-state index in [1.54, 1.807) is 6.33 Å². The molecule has 94 valence electrons. The summed E-state index contributed by atoms with van der Waals surface area (Å²) in [7, 11) is 0. The van der Waals surface area contributed by atoms with Crippen LogP contribution in [0.2, 0.25) is 0 Å². The van der Waals surface area contributed by atoms with Gasteiger partial charge in [-0.3, -0.25) is 4.57 Å². The summed E-state index contributed by atoms with van der Waals surface area (Å²) < 4.78 is 2.08. The Hall–Kier alpha value is -1.84. The number of rotatable bonds is 2. The second kappa shape index (κ2) is 4.44. The van der Waals surface area contributed by atoms with Crippen molar-refractivity contribution in [3.05, 3.63) is 35.9 Å². The molecule has 1 aromatic heterocycles. The molecule has 0 unspecified atom stereocenters. The largest absolute Gasteiger partial charge is 0.385 e. The van der Waals surface area contributed by atoms with Crippen LogP contribution in [0.4, 0.5) is 5.69 Å². The minimum atomic E-state index is 0.377. The van der Waals surface area contributed by atoms with Crippen LogP contribution in [-0.2, 0) is 6.42 Å². The zero-order valence-electron chi connectivity index (χ0n) is 10.8. The molecular formula is C14H18N4. The highest BCUT2D eigenvalue weighted by atomic mass is 15.3. The molecule has 0 aliphatic carbocycles. The topological polar surface area (TPSA) is 42.7 Å². The summed E-state index contributed by atoms with van der Waals surface area (Å²) in [5.41, 5.74) is 3.82. The van der Waals surface area contributed by atoms with Crippen LogP contribution in [0.25, 0.3) is 5.69 Å². The maximum Gasteiger partial charge on any atom is 0.139 e. The Morgan fingerprint density at radius 2 is 2.22 bits per heavy atom. The average molecular weight is 242 g/mol. The highest BCUT2D eigenvalue weighted by Gasteiger charge is 2.13. The molecule has 0 atom stereocenters. The van der Waals surface area contributed by atoms with Gasteiger partial charge in [-0.1, -0.05) is 13.8 Å². The van der Waals surface area contributed by atoms with Crippen molar-refractivity contribution in [2.45, 2.75) is 32.6 Å². The lowest BCUT2D eigenvalue weighted by molar-refractivity contribution is 0.744. The number of aromatic nitrogens is 3. The number of hydrogen-bond donors (Lipinski definition) is 1. The average Bonchev–Trinajstić information content (AvgIpc) is 2.87. The first-order valence-corrected chi connectivity index (χ1v) is 6.53. The van der Waals surface area contributed by atoms with Gasteiger partial charge in [0.2, 0.25) is 0 Å². The minimum absolute atomic E-state index is 0.377. The second-order valence-electron chi connectivity index (χ2n) is 5.09. The van der Waals surface area contributed by atoms with E-state index < -0.39 is 0 Å². The van der Waals surface area contributed by atoms with Crippen LogP contribution in [0.15, 0.2) is 24.5 Å². The van der Waals surface area contributed by atoms with Crippen molar-refractivity contribution >= 4 is 5.69 Å². The molecule has 3 rings (SSSR count). The van der Waals surface area contributed by atoms with E-state index in [2.05, 4.69) is 52.1 Å². The third kappa shape index (κ3) is 1.88. The maximum atomic E-state index is 4.20. The molecule has 18 heavy (non-hydrogen) atoms. The number of benzene rings is 1. The van der Waals surface area contributed by atoms with Gasteiger partial charge >= 0.3 is 0 Å². The molecule has 0 bridgehead atoms. The molecule has 1 N–H and O–H groups in total. The summed E-state index contributed by atoms with van der Waals surface area (Å²) in [6.07, 6.45) is 4.15. The Labute approximate surface area is 107 Å². The molecule has 2 heterocycles. The molecule has 0 radical (unpaired) electrons. The van der Waals surface area contributed by atoms with Crippen molar-refractivity contribution in [1.82, 2.24) is 14.8 Å². The Kier molecular flexibility index (Phi) is 2.78. The van der Waals surface area contributed by atoms with Gasteiger partial charge in [-0.05, 0) is 36.6 Å². The summed E-state index contributed by atoms with van der Waals surface area (Å²) in [6, 6.07) is 6.54. The van der Waals surface area contributed by atoms with Crippen LogP contribution in [0.3, 0.4) is 0 Å². The quantitative estimate of drug-likeness (QED) is 0.880. The standard InChI is InChI=1S/C14H18N4/c1-10(2)14-17-16-9-18(14)12-5-6-13-11(8-12)4-3-7-15-13/h5-6,8-10,15H,3-4,7H2,1-2H3. The van der Waals surface area contributed by atoms with E-state index in [1.807, 2.05) is 0 Å². The molecule has 1 aliphatic rings. The molecule has 1 aromatic carbocycles. The Morgan fingerprint density at radius 3 is 3.06 bits per heavy atom. The fourth-order valence-electron chi connectivity index (χ4n) is 2.45. The van der Waals surface area contributed by atoms with E-state index in [1.165, 1.54) is 17.7 Å². The van der Waals surface area contributed by atoms with Gasteiger partial charge in [-0.15, -0.1) is 10.2 Å². The molecule has 4 nitrogen and oxygen atoms in total. The zero-order chi connectivity index (χ0) is 12.5. The normalized spacial score (nSPS) is 14.4. The number of anilines is 1. The molecule has 0 fully saturated rings. The first-order valence-electron chi connectivity index (χ1n) is 6.53. The van der Waals surface area contributed by atoms with Gasteiger partial charge in [-0.25, -0.2) is 0 Å². The predicted molar refractivity (Wildman–Crippen MR) is 72.3 cm³/mol. The Bertz CT molecular complexity index is 557. The van der Waals surface area contributed by atoms with Crippen LogP contribution < -0.4 is 5.32 Å². The van der Waals surface area contributed by atoms with Crippen molar-refractivity contribution < 1.29 is 0 Å². The van der Waals surface area contributed by atoms with Crippen molar-refractivity contribution in [2.24, 2.45) is 0 Å². The van der Waals surface area contributed by atoms with Crippen LogP contribution in [0, 0.1) is 0 Å². The lowest BCUT2D eigenvalue weighted by Crippen LogP contribution is -2.12. The molecule has 0 saturated heterocycles. The van der Waals surface area contributed by atoms with Crippen LogP contribution >= 0.6 is 0 Å². The van der Waals surface area contributed by atoms with Gasteiger partial charge in [0.1, 0.15) is 12.2 Å². The minimum Gasteiger partial charge on any atom is -0.385 e. The number of nitrogens with one attached hydrogen (secondary N) is 1. The molecular weight excluding hydrogens is 224 g/mol. The molecule has 1 aliphatic heterocycles. The molecule has 2 aromatic rings. The third-order valence-electron chi connectivity index (χ3n) is 3.40. The van der Waals surface area contributed by atoms with Crippen molar-refractivity contribution in [2.75, 3.05) is 11.9 Å². The van der Waals surface area contributed by atoms with E-state index in [0.29, 0.717) is 5.92 Å². The van der Waals surface area contributed by atoms with Crippen molar-refractivity contribution in [3.63, 3.8) is 0 Å². The third-order valence-corrected chi connectivity index (χ3v) is 3.40. The highest BCUT2D eigenvalue weighted by Crippen LogP contribution is 2.25. The van der Waals surface area contributed by atoms with E-state index >= 15 is 0 Å². The monoisotopic (exact) mass is 242 g/mol. The van der Waals surface area contributed by atoms with E-state index in [4.69, 9.17) is 0 Å². The Balaban J connectivity index is 2.04. The van der Waals surface area contributed by atoms with Crippen LogP contribution in [-0.4, -0.2) is 21.3 Å². The number of aryl methyl sites for hydroxylation is 1. The van der Waals surface area contributed by atoms with Gasteiger partial charge in [0, 0.05) is 23.8 Å². The van der Waals surface area contributed by atoms with Gasteiger partial charge in [0.25, 0.3) is 0 Å². The summed E-state index contributed by atoms with van der Waals surface area (Å²) >= 11 is 0. The SMILES string of the molecule is CC(C)c1nncn1-c1ccc2c(c1)CCCN2. The maximum absolute atomic E-state index is 4.20. The second-order valence-corrected chi connectivity index (χ2v) is 5.09. The zero-order valence-corrected chi connectivity index (χ0v) is 10.8. The summed E-state index contributed by atoms with van der Waals surface area (Å²) in [6.45, 7) is 5.36. The summed E-state index contributed by atoms with van der Waals surface area (Å²) in [4.78, 5) is 0. The fourth-order valence-corrected chi connectivity index (χ4v) is 2.45. The van der Waals surface area contributed by atoms with Crippen LogP contribution in [0.1, 0.15) is 37.6 Å². The Morgan fingerprint density at radius 1 is 1.33 bits per heavy atom. The number of hydrogen-bond acceptors (Lipinski definition) is 3. The van der Waals surface area contributed by atoms with E-state index in [0.717, 1.165) is 24.5 Å². The smallest absolute Gasteiger partial charge is 0.139 e. The fraction of sp³-hybridized carbons (Fsp3) is 0.429. The van der Waals surface area contributed by atoms with Gasteiger partial charge in [-0.2, -0.15) is 0 Å². The molecule has 0 amide bonds. The molecule has 0 saturated carbocycles. The first-order chi connectivity index (χ1) is 8.75. The summed E-state index contributed by atoms with van der Waals surface area (Å²) in [5, 5.41) is 11.7. The highest BCUT2D eigenvalue weighted by molar-refractivity contribution is 5.57. The number of fused-ring (bicyclic) bond motifs is 1.